The summed E-state index contributed by atoms with van der Waals surface area (Å²) in [6, 6.07) is 0. The average Bonchev–Trinajstić information content (AvgIpc) is 2.15. The number of rotatable bonds is 2. The van der Waals surface area contributed by atoms with E-state index in [4.69, 9.17) is 11.6 Å². The van der Waals surface area contributed by atoms with Crippen molar-refractivity contribution in [2.45, 2.75) is 37.5 Å². The lowest BCUT2D eigenvalue weighted by Gasteiger charge is -2.00. The Hall–Kier alpha value is -0.230. The van der Waals surface area contributed by atoms with Gasteiger partial charge in [0, 0.05) is 0 Å². The second-order valence-corrected chi connectivity index (χ2v) is 3.64. The highest BCUT2D eigenvalue weighted by molar-refractivity contribution is 6.21. The largest absolute Gasteiger partial charge is 0.118 e. The molecule has 1 atom stereocenters. The Morgan fingerprint density at radius 1 is 1.64 bits per heavy atom. The first-order valence-electron chi connectivity index (χ1n) is 4.27. The zero-order chi connectivity index (χ0) is 8.10. The lowest BCUT2D eigenvalue weighted by Crippen LogP contribution is -1.90. The summed E-state index contributed by atoms with van der Waals surface area (Å²) >= 11 is 6.04. The van der Waals surface area contributed by atoms with E-state index in [9.17, 15) is 0 Å². The Morgan fingerprint density at radius 3 is 3.18 bits per heavy atom. The Kier molecular flexibility index (Phi) is 3.71. The molecule has 0 saturated heterocycles. The van der Waals surface area contributed by atoms with Crippen molar-refractivity contribution in [3.8, 4) is 0 Å². The van der Waals surface area contributed by atoms with Gasteiger partial charge in [-0.2, -0.15) is 0 Å². The van der Waals surface area contributed by atoms with Crippen molar-refractivity contribution in [2.24, 2.45) is 0 Å². The van der Waals surface area contributed by atoms with Crippen molar-refractivity contribution in [3.63, 3.8) is 0 Å². The lowest BCUT2D eigenvalue weighted by molar-refractivity contribution is 0.711. The van der Waals surface area contributed by atoms with Gasteiger partial charge in [0.1, 0.15) is 0 Å². The van der Waals surface area contributed by atoms with Crippen LogP contribution in [0.3, 0.4) is 0 Å². The quantitative estimate of drug-likeness (QED) is 0.438. The van der Waals surface area contributed by atoms with Crippen LogP contribution in [0.5, 0.6) is 0 Å². The molecule has 0 radical (unpaired) electrons. The summed E-state index contributed by atoms with van der Waals surface area (Å²) in [7, 11) is 0. The van der Waals surface area contributed by atoms with Crippen LogP contribution in [-0.4, -0.2) is 5.38 Å². The maximum Gasteiger partial charge on any atom is 0.0518 e. The van der Waals surface area contributed by atoms with Gasteiger partial charge in [0.15, 0.2) is 0 Å². The van der Waals surface area contributed by atoms with E-state index >= 15 is 0 Å². The molecule has 1 heteroatoms. The standard InChI is InChI=1S/C10H15Cl/c1-2-5-9-6-3-4-7-10(11)8-9/h2,8,10H,1,3-7H2. The minimum atomic E-state index is 0.271. The number of alkyl halides is 1. The lowest BCUT2D eigenvalue weighted by atomic mass is 10.1. The first-order chi connectivity index (χ1) is 5.33. The van der Waals surface area contributed by atoms with Crippen LogP contribution in [0.4, 0.5) is 0 Å². The van der Waals surface area contributed by atoms with Crippen LogP contribution in [0.15, 0.2) is 24.3 Å². The fourth-order valence-corrected chi connectivity index (χ4v) is 1.80. The molecule has 0 aromatic rings. The Morgan fingerprint density at radius 2 is 2.45 bits per heavy atom. The summed E-state index contributed by atoms with van der Waals surface area (Å²) in [6.07, 6.45) is 10.1. The third-order valence-corrected chi connectivity index (χ3v) is 2.40. The fourth-order valence-electron chi connectivity index (χ4n) is 1.47. The molecule has 0 saturated carbocycles. The SMILES string of the molecule is C=CCC1=CC(Cl)CCCC1. The molecule has 0 aliphatic heterocycles. The molecule has 1 aliphatic rings. The molecule has 1 unspecified atom stereocenters. The van der Waals surface area contributed by atoms with E-state index in [0.717, 1.165) is 12.8 Å². The third-order valence-electron chi connectivity index (χ3n) is 2.05. The van der Waals surface area contributed by atoms with E-state index in [-0.39, 0.29) is 5.38 Å². The first-order valence-corrected chi connectivity index (χ1v) is 4.71. The molecule has 0 fully saturated rings. The Labute approximate surface area is 73.9 Å². The van der Waals surface area contributed by atoms with Crippen LogP contribution < -0.4 is 0 Å². The summed E-state index contributed by atoms with van der Waals surface area (Å²) in [5.41, 5.74) is 1.47. The highest BCUT2D eigenvalue weighted by Gasteiger charge is 2.07. The van der Waals surface area contributed by atoms with E-state index in [1.807, 2.05) is 6.08 Å². The molecule has 0 heterocycles. The van der Waals surface area contributed by atoms with Gasteiger partial charge in [-0.25, -0.2) is 0 Å². The van der Waals surface area contributed by atoms with E-state index in [0.29, 0.717) is 0 Å². The van der Waals surface area contributed by atoms with Gasteiger partial charge in [-0.1, -0.05) is 24.1 Å². The first kappa shape index (κ1) is 8.86. The smallest absolute Gasteiger partial charge is 0.0518 e. The van der Waals surface area contributed by atoms with Crippen molar-refractivity contribution >= 4 is 11.6 Å². The van der Waals surface area contributed by atoms with Crippen molar-refractivity contribution in [2.75, 3.05) is 0 Å². The molecule has 0 aromatic heterocycles. The van der Waals surface area contributed by atoms with Crippen molar-refractivity contribution in [1.29, 1.82) is 0 Å². The molecule has 0 nitrogen and oxygen atoms in total. The minimum Gasteiger partial charge on any atom is -0.118 e. The van der Waals surface area contributed by atoms with Gasteiger partial charge < -0.3 is 0 Å². The molecule has 62 valence electrons. The van der Waals surface area contributed by atoms with E-state index in [1.165, 1.54) is 24.8 Å². The Bertz CT molecular complexity index is 158. The Balaban J connectivity index is 2.51. The van der Waals surface area contributed by atoms with E-state index in [1.54, 1.807) is 0 Å². The molecule has 1 rings (SSSR count). The predicted octanol–water partition coefficient (Wildman–Crippen LogP) is 3.67. The third kappa shape index (κ3) is 3.11. The van der Waals surface area contributed by atoms with Crippen LogP contribution in [-0.2, 0) is 0 Å². The van der Waals surface area contributed by atoms with Crippen LogP contribution >= 0.6 is 11.6 Å². The van der Waals surface area contributed by atoms with E-state index < -0.39 is 0 Å². The zero-order valence-electron chi connectivity index (χ0n) is 6.85. The van der Waals surface area contributed by atoms with Gasteiger partial charge in [0.25, 0.3) is 0 Å². The maximum absolute atomic E-state index is 6.04. The summed E-state index contributed by atoms with van der Waals surface area (Å²) in [5, 5.41) is 0.271. The van der Waals surface area contributed by atoms with Gasteiger partial charge >= 0.3 is 0 Å². The topological polar surface area (TPSA) is 0 Å². The van der Waals surface area contributed by atoms with Crippen molar-refractivity contribution in [1.82, 2.24) is 0 Å². The molecular weight excluding hydrogens is 156 g/mol. The van der Waals surface area contributed by atoms with Crippen molar-refractivity contribution < 1.29 is 0 Å². The van der Waals surface area contributed by atoms with E-state index in [2.05, 4.69) is 12.7 Å². The van der Waals surface area contributed by atoms with Crippen LogP contribution in [0.2, 0.25) is 0 Å². The highest BCUT2D eigenvalue weighted by atomic mass is 35.5. The molecule has 0 N–H and O–H groups in total. The van der Waals surface area contributed by atoms with Crippen LogP contribution in [0, 0.1) is 0 Å². The van der Waals surface area contributed by atoms with Gasteiger partial charge in [0.05, 0.1) is 5.38 Å². The second kappa shape index (κ2) is 4.61. The second-order valence-electron chi connectivity index (χ2n) is 3.08. The number of hydrogen-bond acceptors (Lipinski definition) is 0. The molecule has 0 amide bonds. The van der Waals surface area contributed by atoms with Crippen molar-refractivity contribution in [3.05, 3.63) is 24.3 Å². The highest BCUT2D eigenvalue weighted by Crippen LogP contribution is 2.22. The van der Waals surface area contributed by atoms with Gasteiger partial charge in [-0.15, -0.1) is 18.2 Å². The average molecular weight is 171 g/mol. The van der Waals surface area contributed by atoms with Crippen LogP contribution in [0.25, 0.3) is 0 Å². The van der Waals surface area contributed by atoms with Gasteiger partial charge in [0.2, 0.25) is 0 Å². The monoisotopic (exact) mass is 170 g/mol. The molecule has 1 aliphatic carbocycles. The summed E-state index contributed by atoms with van der Waals surface area (Å²) in [6.45, 7) is 3.73. The predicted molar refractivity (Wildman–Crippen MR) is 51.0 cm³/mol. The normalized spacial score (nSPS) is 25.5. The van der Waals surface area contributed by atoms with Gasteiger partial charge in [-0.3, -0.25) is 0 Å². The molecule has 0 spiro atoms. The number of halogens is 1. The summed E-state index contributed by atoms with van der Waals surface area (Å²) in [5.74, 6) is 0. The maximum atomic E-state index is 6.04. The number of hydrogen-bond donors (Lipinski definition) is 0. The molecule has 11 heavy (non-hydrogen) atoms. The molecular formula is C10H15Cl. The van der Waals surface area contributed by atoms with Crippen LogP contribution in [0.1, 0.15) is 32.1 Å². The van der Waals surface area contributed by atoms with Gasteiger partial charge in [-0.05, 0) is 25.7 Å². The fraction of sp³-hybridized carbons (Fsp3) is 0.600. The zero-order valence-corrected chi connectivity index (χ0v) is 7.61. The summed E-state index contributed by atoms with van der Waals surface area (Å²) < 4.78 is 0. The number of allylic oxidation sites excluding steroid dienone is 3. The molecule has 0 bridgehead atoms. The molecule has 0 aromatic carbocycles. The summed E-state index contributed by atoms with van der Waals surface area (Å²) in [4.78, 5) is 0. The minimum absolute atomic E-state index is 0.271.